The number of nitrogens with two attached hydrogens (primary N) is 1. The zero-order valence-corrected chi connectivity index (χ0v) is 14.9. The second kappa shape index (κ2) is 6.49. The average molecular weight is 359 g/mol. The molecule has 0 bridgehead atoms. The molecule has 0 saturated heterocycles. The van der Waals surface area contributed by atoms with Gasteiger partial charge in [0.1, 0.15) is 11.4 Å². The van der Waals surface area contributed by atoms with Crippen molar-refractivity contribution < 1.29 is 4.79 Å². The molecule has 3 aromatic heterocycles. The van der Waals surface area contributed by atoms with Gasteiger partial charge in [-0.25, -0.2) is 4.68 Å². The van der Waals surface area contributed by atoms with Crippen molar-refractivity contribution in [2.45, 2.75) is 13.8 Å². The van der Waals surface area contributed by atoms with Crippen molar-refractivity contribution in [1.29, 1.82) is 0 Å². The van der Waals surface area contributed by atoms with E-state index in [1.54, 1.807) is 6.07 Å². The lowest BCUT2D eigenvalue weighted by Crippen LogP contribution is -2.17. The molecule has 0 aliphatic rings. The van der Waals surface area contributed by atoms with Crippen LogP contribution in [0.3, 0.4) is 0 Å². The molecular weight excluding hydrogens is 342 g/mol. The Labute approximate surface area is 155 Å². The van der Waals surface area contributed by atoms with E-state index in [4.69, 9.17) is 5.73 Å². The molecule has 0 aliphatic heterocycles. The first-order chi connectivity index (χ1) is 13.0. The summed E-state index contributed by atoms with van der Waals surface area (Å²) < 4.78 is 2.71. The first-order valence-electron chi connectivity index (χ1n) is 8.35. The normalized spacial score (nSPS) is 10.9. The number of anilines is 1. The van der Waals surface area contributed by atoms with Crippen LogP contribution in [-0.4, -0.2) is 35.7 Å². The van der Waals surface area contributed by atoms with Crippen LogP contribution in [0.2, 0.25) is 0 Å². The highest BCUT2D eigenvalue weighted by molar-refractivity contribution is 5.99. The summed E-state index contributed by atoms with van der Waals surface area (Å²) in [5.41, 5.74) is 9.60. The Bertz CT molecular complexity index is 1110. The smallest absolute Gasteiger partial charge is 0.283 e. The summed E-state index contributed by atoms with van der Waals surface area (Å²) in [7, 11) is 0. The Balaban J connectivity index is 1.66. The van der Waals surface area contributed by atoms with E-state index >= 15 is 0 Å². The number of carbonyl (C=O) groups excluding carboxylic acids is 1. The zero-order valence-electron chi connectivity index (χ0n) is 14.9. The Morgan fingerprint density at radius 2 is 1.81 bits per heavy atom. The lowest BCUT2D eigenvalue weighted by atomic mass is 10.1. The van der Waals surface area contributed by atoms with Crippen molar-refractivity contribution in [3.05, 3.63) is 71.7 Å². The molecule has 0 fully saturated rings. The highest BCUT2D eigenvalue weighted by atomic mass is 16.2. The standard InChI is InChI=1S/C19H17N7O/c1-12-10-13(2)25(24-12)19(27)15-11-21-26(18(15)20)17-9-8-16(22-23-17)14-6-4-3-5-7-14/h3-11H,20H2,1-2H3. The van der Waals surface area contributed by atoms with Crippen LogP contribution in [-0.2, 0) is 0 Å². The molecule has 4 aromatic rings. The highest BCUT2D eigenvalue weighted by Gasteiger charge is 2.20. The number of nitrogen functional groups attached to an aromatic ring is 1. The minimum atomic E-state index is -0.335. The first-order valence-corrected chi connectivity index (χ1v) is 8.35. The maximum atomic E-state index is 12.7. The number of hydrogen-bond acceptors (Lipinski definition) is 6. The molecule has 0 amide bonds. The van der Waals surface area contributed by atoms with Gasteiger partial charge >= 0.3 is 0 Å². The molecule has 4 rings (SSSR count). The van der Waals surface area contributed by atoms with E-state index in [2.05, 4.69) is 20.4 Å². The second-order valence-corrected chi connectivity index (χ2v) is 6.14. The summed E-state index contributed by atoms with van der Waals surface area (Å²) in [5.74, 6) is 0.284. The minimum Gasteiger partial charge on any atom is -0.383 e. The maximum absolute atomic E-state index is 12.7. The van der Waals surface area contributed by atoms with Crippen molar-refractivity contribution in [3.63, 3.8) is 0 Å². The Hall–Kier alpha value is -3.81. The molecule has 0 radical (unpaired) electrons. The molecule has 0 saturated carbocycles. The average Bonchev–Trinajstić information content (AvgIpc) is 3.23. The number of nitrogens with zero attached hydrogens (tertiary/aromatic N) is 6. The zero-order chi connectivity index (χ0) is 19.0. The number of aromatic nitrogens is 6. The van der Waals surface area contributed by atoms with Crippen molar-refractivity contribution in [3.8, 4) is 17.1 Å². The lowest BCUT2D eigenvalue weighted by Gasteiger charge is -2.05. The summed E-state index contributed by atoms with van der Waals surface area (Å²) in [6.07, 6.45) is 1.42. The molecule has 0 aliphatic carbocycles. The van der Waals surface area contributed by atoms with Gasteiger partial charge in [-0.3, -0.25) is 4.79 Å². The summed E-state index contributed by atoms with van der Waals surface area (Å²) in [6, 6.07) is 15.1. The molecule has 0 atom stereocenters. The van der Waals surface area contributed by atoms with Crippen LogP contribution in [0.4, 0.5) is 5.82 Å². The van der Waals surface area contributed by atoms with Crippen LogP contribution in [0.15, 0.2) is 54.7 Å². The first kappa shape index (κ1) is 16.6. The molecular formula is C19H17N7O. The topological polar surface area (TPSA) is 105 Å². The third-order valence-electron chi connectivity index (χ3n) is 4.18. The number of benzene rings is 1. The molecule has 0 spiro atoms. The van der Waals surface area contributed by atoms with E-state index in [1.165, 1.54) is 15.6 Å². The summed E-state index contributed by atoms with van der Waals surface area (Å²) >= 11 is 0. The summed E-state index contributed by atoms with van der Waals surface area (Å²) in [6.45, 7) is 3.64. The monoisotopic (exact) mass is 359 g/mol. The fraction of sp³-hybridized carbons (Fsp3) is 0.105. The minimum absolute atomic E-state index is 0.189. The van der Waals surface area contributed by atoms with E-state index in [0.717, 1.165) is 22.6 Å². The van der Waals surface area contributed by atoms with Crippen LogP contribution in [0.5, 0.6) is 0 Å². The predicted octanol–water partition coefficient (Wildman–Crippen LogP) is 2.41. The van der Waals surface area contributed by atoms with Gasteiger partial charge in [0.25, 0.3) is 5.91 Å². The van der Waals surface area contributed by atoms with Gasteiger partial charge in [-0.05, 0) is 32.0 Å². The lowest BCUT2D eigenvalue weighted by molar-refractivity contribution is 0.0943. The molecule has 0 unspecified atom stereocenters. The predicted molar refractivity (Wildman–Crippen MR) is 100 cm³/mol. The Morgan fingerprint density at radius 3 is 2.44 bits per heavy atom. The summed E-state index contributed by atoms with van der Waals surface area (Å²) in [4.78, 5) is 12.7. The maximum Gasteiger partial charge on any atom is 0.283 e. The van der Waals surface area contributed by atoms with Gasteiger partial charge in [-0.15, -0.1) is 10.2 Å². The van der Waals surface area contributed by atoms with E-state index in [0.29, 0.717) is 5.82 Å². The third kappa shape index (κ3) is 2.97. The quantitative estimate of drug-likeness (QED) is 0.602. The van der Waals surface area contributed by atoms with Crippen LogP contribution in [0.1, 0.15) is 21.7 Å². The number of rotatable bonds is 3. The van der Waals surface area contributed by atoms with Gasteiger partial charge in [-0.1, -0.05) is 30.3 Å². The molecule has 134 valence electrons. The summed E-state index contributed by atoms with van der Waals surface area (Å²) in [5, 5.41) is 16.8. The number of aryl methyl sites for hydroxylation is 2. The molecule has 27 heavy (non-hydrogen) atoms. The fourth-order valence-corrected chi connectivity index (χ4v) is 2.85. The van der Waals surface area contributed by atoms with Crippen molar-refractivity contribution >= 4 is 11.7 Å². The van der Waals surface area contributed by atoms with Gasteiger partial charge in [0, 0.05) is 11.3 Å². The molecule has 8 nitrogen and oxygen atoms in total. The Morgan fingerprint density at radius 1 is 1.04 bits per heavy atom. The fourth-order valence-electron chi connectivity index (χ4n) is 2.85. The van der Waals surface area contributed by atoms with E-state index in [1.807, 2.05) is 56.3 Å². The van der Waals surface area contributed by atoms with Crippen LogP contribution in [0.25, 0.3) is 17.1 Å². The van der Waals surface area contributed by atoms with Gasteiger partial charge < -0.3 is 5.73 Å². The van der Waals surface area contributed by atoms with Crippen molar-refractivity contribution in [1.82, 2.24) is 29.8 Å². The number of carbonyl (C=O) groups is 1. The SMILES string of the molecule is Cc1cc(C)n(C(=O)c2cnn(-c3ccc(-c4ccccc4)nn3)c2N)n1. The van der Waals surface area contributed by atoms with Gasteiger partial charge in [0.2, 0.25) is 0 Å². The van der Waals surface area contributed by atoms with Gasteiger partial charge in [0.05, 0.1) is 17.6 Å². The third-order valence-corrected chi connectivity index (χ3v) is 4.18. The van der Waals surface area contributed by atoms with Crippen molar-refractivity contribution in [2.24, 2.45) is 0 Å². The second-order valence-electron chi connectivity index (χ2n) is 6.14. The van der Waals surface area contributed by atoms with E-state index in [9.17, 15) is 4.79 Å². The molecule has 1 aromatic carbocycles. The van der Waals surface area contributed by atoms with Gasteiger partial charge in [-0.2, -0.15) is 14.9 Å². The van der Waals surface area contributed by atoms with E-state index < -0.39 is 0 Å². The molecule has 8 heteroatoms. The highest BCUT2D eigenvalue weighted by Crippen LogP contribution is 2.20. The largest absolute Gasteiger partial charge is 0.383 e. The van der Waals surface area contributed by atoms with Crippen LogP contribution in [0, 0.1) is 13.8 Å². The van der Waals surface area contributed by atoms with Crippen molar-refractivity contribution in [2.75, 3.05) is 5.73 Å². The van der Waals surface area contributed by atoms with E-state index in [-0.39, 0.29) is 17.3 Å². The molecule has 3 heterocycles. The Kier molecular flexibility index (Phi) is 4.00. The van der Waals surface area contributed by atoms with Gasteiger partial charge in [0.15, 0.2) is 5.82 Å². The van der Waals surface area contributed by atoms with Crippen LogP contribution < -0.4 is 5.73 Å². The number of hydrogen-bond donors (Lipinski definition) is 1. The molecule has 2 N–H and O–H groups in total. The van der Waals surface area contributed by atoms with Crippen LogP contribution >= 0.6 is 0 Å².